The molecule has 0 radical (unpaired) electrons. The molecule has 4 nitrogen and oxygen atoms in total. The molecule has 0 spiro atoms. The van der Waals surface area contributed by atoms with Crippen molar-refractivity contribution in [3.63, 3.8) is 0 Å². The Kier molecular flexibility index (Phi) is 6.56. The minimum Gasteiger partial charge on any atom is -0.353 e. The number of carbonyl (C=O) groups excluding carboxylic acids is 2. The topological polar surface area (TPSA) is 49.4 Å². The molecule has 3 atom stereocenters. The highest BCUT2D eigenvalue weighted by Gasteiger charge is 2.38. The van der Waals surface area contributed by atoms with Gasteiger partial charge in [-0.2, -0.15) is 0 Å². The highest BCUT2D eigenvalue weighted by atomic mass is 16.2. The van der Waals surface area contributed by atoms with Crippen LogP contribution in [0, 0.1) is 18.8 Å². The number of carbonyl (C=O) groups is 2. The molecule has 4 heteroatoms. The van der Waals surface area contributed by atoms with Crippen LogP contribution in [0.2, 0.25) is 0 Å². The minimum atomic E-state index is -0.0922. The molecule has 1 aliphatic carbocycles. The van der Waals surface area contributed by atoms with Crippen LogP contribution in [0.15, 0.2) is 24.3 Å². The predicted molar refractivity (Wildman–Crippen MR) is 108 cm³/mol. The van der Waals surface area contributed by atoms with Crippen LogP contribution in [0.3, 0.4) is 0 Å². The van der Waals surface area contributed by atoms with E-state index in [9.17, 15) is 9.59 Å². The van der Waals surface area contributed by atoms with Crippen LogP contribution < -0.4 is 5.32 Å². The molecular formula is C23H34N2O2. The number of likely N-dealkylation sites (tertiary alicyclic amines) is 1. The lowest BCUT2D eigenvalue weighted by Crippen LogP contribution is -2.49. The average molecular weight is 371 g/mol. The standard InChI is InChI=1S/C23H34N2O2/c1-4-17(3)24-22(26)20-12-13-21(19-11-7-8-16(2)14-19)25(15-20)23(27)18-9-5-6-10-18/h7-8,11,14,17-18,20-21H,4-6,9-10,12-13,15H2,1-3H3,(H,24,26)/t17-,20+,21-/m0/s1. The van der Waals surface area contributed by atoms with E-state index in [4.69, 9.17) is 0 Å². The van der Waals surface area contributed by atoms with Crippen molar-refractivity contribution in [3.8, 4) is 0 Å². The van der Waals surface area contributed by atoms with Gasteiger partial charge >= 0.3 is 0 Å². The lowest BCUT2D eigenvalue weighted by atomic mass is 9.86. The molecule has 1 aromatic carbocycles. The zero-order valence-electron chi connectivity index (χ0n) is 17.0. The van der Waals surface area contributed by atoms with E-state index in [1.54, 1.807) is 0 Å². The predicted octanol–water partition coefficient (Wildman–Crippen LogP) is 4.38. The first-order valence-corrected chi connectivity index (χ1v) is 10.7. The number of aryl methyl sites for hydroxylation is 1. The summed E-state index contributed by atoms with van der Waals surface area (Å²) in [6.45, 7) is 6.77. The second-order valence-electron chi connectivity index (χ2n) is 8.49. The van der Waals surface area contributed by atoms with Crippen molar-refractivity contribution >= 4 is 11.8 Å². The third kappa shape index (κ3) is 4.72. The Morgan fingerprint density at radius 2 is 1.89 bits per heavy atom. The third-order valence-corrected chi connectivity index (χ3v) is 6.37. The molecule has 3 rings (SSSR count). The van der Waals surface area contributed by atoms with Gasteiger partial charge in [-0.15, -0.1) is 0 Å². The summed E-state index contributed by atoms with van der Waals surface area (Å²) in [6, 6.07) is 8.78. The quantitative estimate of drug-likeness (QED) is 0.836. The van der Waals surface area contributed by atoms with E-state index < -0.39 is 0 Å². The van der Waals surface area contributed by atoms with E-state index in [2.05, 4.69) is 43.4 Å². The van der Waals surface area contributed by atoms with Gasteiger partial charge in [-0.3, -0.25) is 9.59 Å². The Bertz CT molecular complexity index is 666. The van der Waals surface area contributed by atoms with Crippen molar-refractivity contribution in [1.29, 1.82) is 0 Å². The maximum atomic E-state index is 13.3. The van der Waals surface area contributed by atoms with Crippen LogP contribution in [0.1, 0.15) is 76.0 Å². The van der Waals surface area contributed by atoms with Crippen molar-refractivity contribution in [1.82, 2.24) is 10.2 Å². The molecule has 2 fully saturated rings. The Hall–Kier alpha value is -1.84. The number of nitrogens with zero attached hydrogens (tertiary/aromatic N) is 1. The third-order valence-electron chi connectivity index (χ3n) is 6.37. The highest BCUT2D eigenvalue weighted by Crippen LogP contribution is 2.37. The summed E-state index contributed by atoms with van der Waals surface area (Å²) in [5.41, 5.74) is 2.43. The van der Waals surface area contributed by atoms with Gasteiger partial charge in [0.05, 0.1) is 12.0 Å². The molecule has 1 saturated heterocycles. The molecular weight excluding hydrogens is 336 g/mol. The van der Waals surface area contributed by atoms with Gasteiger partial charge in [-0.25, -0.2) is 0 Å². The average Bonchev–Trinajstić information content (AvgIpc) is 3.21. The number of nitrogens with one attached hydrogen (secondary N) is 1. The minimum absolute atomic E-state index is 0.0922. The number of benzene rings is 1. The number of piperidine rings is 1. The molecule has 0 unspecified atom stereocenters. The number of hydrogen-bond donors (Lipinski definition) is 1. The van der Waals surface area contributed by atoms with Gasteiger partial charge in [0, 0.05) is 18.5 Å². The second-order valence-corrected chi connectivity index (χ2v) is 8.49. The molecule has 148 valence electrons. The molecule has 0 bridgehead atoms. The van der Waals surface area contributed by atoms with Crippen LogP contribution >= 0.6 is 0 Å². The summed E-state index contributed by atoms with van der Waals surface area (Å²) in [7, 11) is 0. The summed E-state index contributed by atoms with van der Waals surface area (Å²) >= 11 is 0. The Balaban J connectivity index is 1.79. The Morgan fingerprint density at radius 1 is 1.15 bits per heavy atom. The maximum Gasteiger partial charge on any atom is 0.226 e. The molecule has 0 aromatic heterocycles. The molecule has 1 N–H and O–H groups in total. The van der Waals surface area contributed by atoms with Crippen molar-refractivity contribution < 1.29 is 9.59 Å². The first-order chi connectivity index (χ1) is 13.0. The molecule has 27 heavy (non-hydrogen) atoms. The molecule has 1 aromatic rings. The molecule has 2 aliphatic rings. The fraction of sp³-hybridized carbons (Fsp3) is 0.652. The summed E-state index contributed by atoms with van der Waals surface area (Å²) in [6.07, 6.45) is 6.93. The maximum absolute atomic E-state index is 13.3. The summed E-state index contributed by atoms with van der Waals surface area (Å²) in [4.78, 5) is 28.1. The lowest BCUT2D eigenvalue weighted by molar-refractivity contribution is -0.142. The van der Waals surface area contributed by atoms with Gasteiger partial charge in [0.25, 0.3) is 0 Å². The van der Waals surface area contributed by atoms with Crippen molar-refractivity contribution in [2.75, 3.05) is 6.54 Å². The number of amides is 2. The smallest absolute Gasteiger partial charge is 0.226 e. The monoisotopic (exact) mass is 370 g/mol. The Morgan fingerprint density at radius 3 is 2.56 bits per heavy atom. The van der Waals surface area contributed by atoms with E-state index in [-0.39, 0.29) is 35.7 Å². The van der Waals surface area contributed by atoms with E-state index in [0.717, 1.165) is 44.9 Å². The zero-order valence-corrected chi connectivity index (χ0v) is 17.0. The second kappa shape index (κ2) is 8.90. The summed E-state index contributed by atoms with van der Waals surface area (Å²) < 4.78 is 0. The first-order valence-electron chi connectivity index (χ1n) is 10.7. The van der Waals surface area contributed by atoms with Crippen molar-refractivity contribution in [3.05, 3.63) is 35.4 Å². The summed E-state index contributed by atoms with van der Waals surface area (Å²) in [5, 5.41) is 3.12. The van der Waals surface area contributed by atoms with E-state index in [1.165, 1.54) is 11.1 Å². The van der Waals surface area contributed by atoms with E-state index >= 15 is 0 Å². The molecule has 1 aliphatic heterocycles. The fourth-order valence-electron chi connectivity index (χ4n) is 4.52. The Labute approximate surface area is 163 Å². The highest BCUT2D eigenvalue weighted by molar-refractivity contribution is 5.83. The van der Waals surface area contributed by atoms with Crippen LogP contribution in [0.25, 0.3) is 0 Å². The van der Waals surface area contributed by atoms with Gasteiger partial charge in [0.1, 0.15) is 0 Å². The first kappa shape index (κ1) is 19.9. The SMILES string of the molecule is CC[C@H](C)NC(=O)[C@@H]1CC[C@@H](c2cccc(C)c2)N(C(=O)C2CCCC2)C1. The van der Waals surface area contributed by atoms with Gasteiger partial charge < -0.3 is 10.2 Å². The van der Waals surface area contributed by atoms with Crippen molar-refractivity contribution in [2.24, 2.45) is 11.8 Å². The molecule has 2 amide bonds. The summed E-state index contributed by atoms with van der Waals surface area (Å²) in [5.74, 6) is 0.426. The van der Waals surface area contributed by atoms with Crippen LogP contribution in [0.4, 0.5) is 0 Å². The molecule has 1 heterocycles. The lowest BCUT2D eigenvalue weighted by Gasteiger charge is -2.41. The zero-order chi connectivity index (χ0) is 19.4. The van der Waals surface area contributed by atoms with E-state index in [1.807, 2.05) is 11.8 Å². The normalized spacial score (nSPS) is 24.6. The largest absolute Gasteiger partial charge is 0.353 e. The van der Waals surface area contributed by atoms with Crippen LogP contribution in [0.5, 0.6) is 0 Å². The molecule has 1 saturated carbocycles. The van der Waals surface area contributed by atoms with Gasteiger partial charge in [-0.05, 0) is 51.5 Å². The van der Waals surface area contributed by atoms with Crippen molar-refractivity contribution in [2.45, 2.75) is 77.8 Å². The number of rotatable bonds is 5. The van der Waals surface area contributed by atoms with Gasteiger partial charge in [0.2, 0.25) is 11.8 Å². The number of hydrogen-bond acceptors (Lipinski definition) is 2. The fourth-order valence-corrected chi connectivity index (χ4v) is 4.52. The van der Waals surface area contributed by atoms with Crippen LogP contribution in [-0.2, 0) is 9.59 Å². The van der Waals surface area contributed by atoms with Gasteiger partial charge in [-0.1, -0.05) is 49.6 Å². The van der Waals surface area contributed by atoms with Gasteiger partial charge in [0.15, 0.2) is 0 Å². The van der Waals surface area contributed by atoms with E-state index in [0.29, 0.717) is 6.54 Å². The van der Waals surface area contributed by atoms with Crippen LogP contribution in [-0.4, -0.2) is 29.3 Å².